The molecule has 7 heteroatoms. The van der Waals surface area contributed by atoms with E-state index in [1.54, 1.807) is 30.8 Å². The summed E-state index contributed by atoms with van der Waals surface area (Å²) < 4.78 is 6.06. The molecule has 0 heterocycles. The second-order valence-corrected chi connectivity index (χ2v) is 7.66. The minimum Gasteiger partial charge on any atom is -0.490 e. The third kappa shape index (κ3) is 9.04. The zero-order valence-electron chi connectivity index (χ0n) is 17.5. The lowest BCUT2D eigenvalue weighted by Crippen LogP contribution is -2.43. The van der Waals surface area contributed by atoms with Gasteiger partial charge in [0.2, 0.25) is 5.91 Å². The van der Waals surface area contributed by atoms with E-state index in [0.717, 1.165) is 35.6 Å². The number of carbonyl (C=O) groups is 1. The molecule has 1 aromatic rings. The number of carbonyl (C=O) groups excluding carboxylic acids is 1. The Bertz CT molecular complexity index is 620. The molecule has 0 aliphatic heterocycles. The summed E-state index contributed by atoms with van der Waals surface area (Å²) in [7, 11) is 3.49. The lowest BCUT2D eigenvalue weighted by Gasteiger charge is -2.17. The molecule has 1 rings (SSSR count). The van der Waals surface area contributed by atoms with Crippen molar-refractivity contribution in [2.45, 2.75) is 39.8 Å². The maximum absolute atomic E-state index is 11.9. The minimum absolute atomic E-state index is 0.00509. The maximum Gasteiger partial charge on any atom is 0.241 e. The number of nitrogens with zero attached hydrogens (tertiary/aromatic N) is 2. The zero-order chi connectivity index (χ0) is 20.2. The molecule has 1 atom stereocenters. The average Bonchev–Trinajstić information content (AvgIpc) is 2.64. The fourth-order valence-corrected chi connectivity index (χ4v) is 2.44. The number of ether oxygens (including phenoxy) is 1. The molecular weight excluding hydrogens is 360 g/mol. The number of rotatable bonds is 10. The van der Waals surface area contributed by atoms with E-state index in [4.69, 9.17) is 4.74 Å². The molecule has 2 N–H and O–H groups in total. The number of amides is 1. The normalized spacial score (nSPS) is 12.4. The van der Waals surface area contributed by atoms with Crippen molar-refractivity contribution < 1.29 is 9.53 Å². The van der Waals surface area contributed by atoms with E-state index in [-0.39, 0.29) is 18.6 Å². The van der Waals surface area contributed by atoms with Crippen LogP contribution >= 0.6 is 11.8 Å². The Morgan fingerprint density at radius 2 is 2.07 bits per heavy atom. The molecule has 1 amide bonds. The number of hydrogen-bond donors (Lipinski definition) is 2. The molecule has 0 fully saturated rings. The van der Waals surface area contributed by atoms with E-state index in [1.165, 1.54) is 0 Å². The van der Waals surface area contributed by atoms with Gasteiger partial charge < -0.3 is 20.3 Å². The third-order valence-electron chi connectivity index (χ3n) is 4.04. The van der Waals surface area contributed by atoms with Crippen molar-refractivity contribution in [3.63, 3.8) is 0 Å². The minimum atomic E-state index is 0.00509. The summed E-state index contributed by atoms with van der Waals surface area (Å²) in [6, 6.07) is 6.18. The van der Waals surface area contributed by atoms with Crippen molar-refractivity contribution in [1.82, 2.24) is 15.5 Å². The smallest absolute Gasteiger partial charge is 0.241 e. The van der Waals surface area contributed by atoms with E-state index >= 15 is 0 Å². The maximum atomic E-state index is 11.9. The van der Waals surface area contributed by atoms with Crippen molar-refractivity contribution in [2.75, 3.05) is 39.2 Å². The molecule has 0 aromatic heterocycles. The Morgan fingerprint density at radius 3 is 2.70 bits per heavy atom. The molecule has 0 spiro atoms. The summed E-state index contributed by atoms with van der Waals surface area (Å²) in [5.41, 5.74) is 2.19. The van der Waals surface area contributed by atoms with Crippen LogP contribution in [0.15, 0.2) is 23.2 Å². The van der Waals surface area contributed by atoms with Crippen LogP contribution in [0, 0.1) is 6.92 Å². The lowest BCUT2D eigenvalue weighted by molar-refractivity contribution is -0.127. The van der Waals surface area contributed by atoms with Crippen LogP contribution < -0.4 is 15.4 Å². The predicted molar refractivity (Wildman–Crippen MR) is 116 cm³/mol. The molecule has 27 heavy (non-hydrogen) atoms. The fourth-order valence-electron chi connectivity index (χ4n) is 2.13. The lowest BCUT2D eigenvalue weighted by atomic mass is 10.1. The highest BCUT2D eigenvalue weighted by Crippen LogP contribution is 2.23. The van der Waals surface area contributed by atoms with Gasteiger partial charge in [-0.2, -0.15) is 11.8 Å². The number of aryl methyl sites for hydroxylation is 1. The van der Waals surface area contributed by atoms with Crippen LogP contribution in [-0.2, 0) is 11.3 Å². The highest BCUT2D eigenvalue weighted by Gasteiger charge is 2.09. The molecule has 0 radical (unpaired) electrons. The summed E-state index contributed by atoms with van der Waals surface area (Å²) in [5.74, 6) is 2.48. The summed E-state index contributed by atoms with van der Waals surface area (Å²) >= 11 is 1.76. The molecule has 0 bridgehead atoms. The second kappa shape index (κ2) is 12.5. The Balaban J connectivity index is 2.88. The highest BCUT2D eigenvalue weighted by molar-refractivity contribution is 7.98. The van der Waals surface area contributed by atoms with Crippen molar-refractivity contribution in [1.29, 1.82) is 0 Å². The van der Waals surface area contributed by atoms with Crippen LogP contribution in [0.4, 0.5) is 0 Å². The number of nitrogens with one attached hydrogen (secondary N) is 2. The number of hydrogen-bond acceptors (Lipinski definition) is 4. The average molecular weight is 395 g/mol. The van der Waals surface area contributed by atoms with E-state index < -0.39 is 0 Å². The first-order valence-electron chi connectivity index (χ1n) is 9.34. The van der Waals surface area contributed by atoms with Gasteiger partial charge in [-0.1, -0.05) is 19.1 Å². The van der Waals surface area contributed by atoms with Gasteiger partial charge in [-0.3, -0.25) is 4.79 Å². The summed E-state index contributed by atoms with van der Waals surface area (Å²) in [4.78, 5) is 18.1. The predicted octanol–water partition coefficient (Wildman–Crippen LogP) is 2.66. The summed E-state index contributed by atoms with van der Waals surface area (Å²) in [6.07, 6.45) is 3.17. The number of guanidine groups is 1. The standard InChI is InChI=1S/C20H34N4O2S/c1-7-16(3)26-18-12-15(2)8-9-17(18)13-22-20(21-10-11-27-6)23-14-19(25)24(4)5/h8-9,12,16H,7,10-11,13-14H2,1-6H3,(H2,21,22,23). The first-order valence-corrected chi connectivity index (χ1v) is 10.7. The monoisotopic (exact) mass is 394 g/mol. The second-order valence-electron chi connectivity index (χ2n) is 6.67. The van der Waals surface area contributed by atoms with Crippen molar-refractivity contribution in [3.05, 3.63) is 29.3 Å². The van der Waals surface area contributed by atoms with Gasteiger partial charge in [-0.25, -0.2) is 4.99 Å². The topological polar surface area (TPSA) is 66.0 Å². The van der Waals surface area contributed by atoms with Crippen LogP contribution in [-0.4, -0.2) is 62.1 Å². The van der Waals surface area contributed by atoms with Crippen LogP contribution in [0.1, 0.15) is 31.4 Å². The third-order valence-corrected chi connectivity index (χ3v) is 4.65. The quantitative estimate of drug-likeness (QED) is 0.363. The van der Waals surface area contributed by atoms with Gasteiger partial charge in [0.05, 0.1) is 19.2 Å². The molecule has 1 unspecified atom stereocenters. The molecule has 0 saturated carbocycles. The molecule has 1 aromatic carbocycles. The fraction of sp³-hybridized carbons (Fsp3) is 0.600. The highest BCUT2D eigenvalue weighted by atomic mass is 32.2. The Labute approximate surface area is 168 Å². The Hall–Kier alpha value is -1.89. The van der Waals surface area contributed by atoms with Gasteiger partial charge in [0, 0.05) is 32.0 Å². The van der Waals surface area contributed by atoms with Gasteiger partial charge in [-0.15, -0.1) is 0 Å². The van der Waals surface area contributed by atoms with Gasteiger partial charge in [-0.05, 0) is 38.2 Å². The van der Waals surface area contributed by atoms with Crippen LogP contribution in [0.2, 0.25) is 0 Å². The van der Waals surface area contributed by atoms with E-state index in [1.807, 2.05) is 0 Å². The van der Waals surface area contributed by atoms with Crippen molar-refractivity contribution in [3.8, 4) is 5.75 Å². The first kappa shape index (κ1) is 23.1. The van der Waals surface area contributed by atoms with Gasteiger partial charge in [0.1, 0.15) is 5.75 Å². The molecule has 152 valence electrons. The number of thioether (sulfide) groups is 1. The van der Waals surface area contributed by atoms with Gasteiger partial charge in [0.15, 0.2) is 5.96 Å². The Morgan fingerprint density at radius 1 is 1.33 bits per heavy atom. The molecule has 0 aliphatic carbocycles. The summed E-state index contributed by atoms with van der Waals surface area (Å²) in [5, 5.41) is 6.38. The van der Waals surface area contributed by atoms with E-state index in [2.05, 4.69) is 60.9 Å². The largest absolute Gasteiger partial charge is 0.490 e. The Kier molecular flexibility index (Phi) is 10.7. The number of likely N-dealkylation sites (N-methyl/N-ethyl adjacent to an activating group) is 1. The molecule has 6 nitrogen and oxygen atoms in total. The van der Waals surface area contributed by atoms with Crippen LogP contribution in [0.3, 0.4) is 0 Å². The van der Waals surface area contributed by atoms with Crippen LogP contribution in [0.5, 0.6) is 5.75 Å². The number of aliphatic imine (C=N–C) groups is 1. The molecule has 0 aliphatic rings. The van der Waals surface area contributed by atoms with Crippen molar-refractivity contribution >= 4 is 23.6 Å². The first-order chi connectivity index (χ1) is 12.9. The van der Waals surface area contributed by atoms with Crippen LogP contribution in [0.25, 0.3) is 0 Å². The van der Waals surface area contributed by atoms with E-state index in [0.29, 0.717) is 12.5 Å². The van der Waals surface area contributed by atoms with Gasteiger partial charge >= 0.3 is 0 Å². The summed E-state index contributed by atoms with van der Waals surface area (Å²) in [6.45, 7) is 7.71. The van der Waals surface area contributed by atoms with Gasteiger partial charge in [0.25, 0.3) is 0 Å². The zero-order valence-corrected chi connectivity index (χ0v) is 18.3. The molecule has 0 saturated heterocycles. The SMILES string of the molecule is CCC(C)Oc1cc(C)ccc1CN=C(NCCSC)NCC(=O)N(C)C. The molecular formula is C20H34N4O2S. The van der Waals surface area contributed by atoms with E-state index in [9.17, 15) is 4.79 Å². The number of benzene rings is 1. The van der Waals surface area contributed by atoms with Crippen molar-refractivity contribution in [2.24, 2.45) is 4.99 Å².